The lowest BCUT2D eigenvalue weighted by Crippen LogP contribution is -2.47. The van der Waals surface area contributed by atoms with Crippen molar-refractivity contribution in [3.05, 3.63) is 63.6 Å². The summed E-state index contributed by atoms with van der Waals surface area (Å²) in [4.78, 5) is 28.8. The largest absolute Gasteiger partial charge is 0.492 e. The zero-order chi connectivity index (χ0) is 22.2. The molecule has 2 aromatic carbocycles. The van der Waals surface area contributed by atoms with Gasteiger partial charge in [-0.1, -0.05) is 41.4 Å². The van der Waals surface area contributed by atoms with Crippen LogP contribution in [0.15, 0.2) is 42.5 Å². The first-order valence-electron chi connectivity index (χ1n) is 10.3. The van der Waals surface area contributed by atoms with Crippen LogP contribution in [0.4, 0.5) is 0 Å². The van der Waals surface area contributed by atoms with Crippen molar-refractivity contribution in [2.45, 2.75) is 19.4 Å². The summed E-state index contributed by atoms with van der Waals surface area (Å²) in [5, 5.41) is 3.71. The molecule has 0 atom stereocenters. The third kappa shape index (κ3) is 6.86. The van der Waals surface area contributed by atoms with Gasteiger partial charge in [0.15, 0.2) is 0 Å². The number of nitrogens with one attached hydrogen (secondary N) is 1. The van der Waals surface area contributed by atoms with Crippen LogP contribution in [-0.2, 0) is 11.3 Å². The number of likely N-dealkylation sites (N-methyl/N-ethyl adjacent to an activating group) is 1. The number of benzene rings is 2. The van der Waals surface area contributed by atoms with E-state index in [1.54, 1.807) is 18.2 Å². The first-order chi connectivity index (χ1) is 14.9. The van der Waals surface area contributed by atoms with Crippen LogP contribution < -0.4 is 10.1 Å². The molecule has 3 rings (SSSR count). The van der Waals surface area contributed by atoms with E-state index < -0.39 is 0 Å². The van der Waals surface area contributed by atoms with Crippen LogP contribution in [0.5, 0.6) is 5.75 Å². The Kier molecular flexibility index (Phi) is 8.58. The lowest BCUT2D eigenvalue weighted by molar-refractivity contribution is -0.121. The van der Waals surface area contributed by atoms with Gasteiger partial charge in [0.2, 0.25) is 5.91 Å². The van der Waals surface area contributed by atoms with E-state index in [4.69, 9.17) is 27.9 Å². The molecule has 8 heteroatoms. The van der Waals surface area contributed by atoms with Crippen molar-refractivity contribution in [1.82, 2.24) is 15.1 Å². The fraction of sp³-hybridized carbons (Fsp3) is 0.391. The van der Waals surface area contributed by atoms with Gasteiger partial charge >= 0.3 is 0 Å². The fourth-order valence-corrected chi connectivity index (χ4v) is 3.60. The molecule has 0 saturated carbocycles. The standard InChI is InChI=1S/C23H27Cl2N3O3/c1-27-11-13-28(14-12-27)23(30)18-9-7-17(8-10-18)16-26-21(29)6-3-15-31-20-5-2-4-19(24)22(20)25/h2,4-5,7-10H,3,6,11-16H2,1H3,(H,26,29). The Hall–Kier alpha value is -2.28. The number of ether oxygens (including phenoxy) is 1. The Balaban J connectivity index is 1.37. The van der Waals surface area contributed by atoms with Crippen molar-refractivity contribution in [2.24, 2.45) is 0 Å². The number of hydrogen-bond donors (Lipinski definition) is 1. The van der Waals surface area contributed by atoms with Crippen LogP contribution in [-0.4, -0.2) is 61.4 Å². The maximum Gasteiger partial charge on any atom is 0.253 e. The summed E-state index contributed by atoms with van der Waals surface area (Å²) in [6.45, 7) is 4.08. The van der Waals surface area contributed by atoms with Crippen LogP contribution >= 0.6 is 23.2 Å². The van der Waals surface area contributed by atoms with Gasteiger partial charge in [-0.2, -0.15) is 0 Å². The Bertz CT molecular complexity index is 897. The van der Waals surface area contributed by atoms with E-state index in [-0.39, 0.29) is 11.8 Å². The van der Waals surface area contributed by atoms with Crippen molar-refractivity contribution in [3.8, 4) is 5.75 Å². The molecule has 1 heterocycles. The molecule has 2 aromatic rings. The second kappa shape index (κ2) is 11.4. The molecule has 0 radical (unpaired) electrons. The summed E-state index contributed by atoms with van der Waals surface area (Å²) in [6.07, 6.45) is 0.908. The molecular weight excluding hydrogens is 437 g/mol. The molecule has 1 N–H and O–H groups in total. The maximum absolute atomic E-state index is 12.6. The molecule has 0 bridgehead atoms. The number of carbonyl (C=O) groups is 2. The molecule has 1 fully saturated rings. The Morgan fingerprint density at radius 1 is 1.03 bits per heavy atom. The van der Waals surface area contributed by atoms with Gasteiger partial charge in [0.1, 0.15) is 10.8 Å². The molecule has 1 aliphatic rings. The van der Waals surface area contributed by atoms with Crippen LogP contribution in [0.2, 0.25) is 10.0 Å². The first kappa shape index (κ1) is 23.4. The number of hydrogen-bond acceptors (Lipinski definition) is 4. The highest BCUT2D eigenvalue weighted by Crippen LogP contribution is 2.31. The van der Waals surface area contributed by atoms with Crippen LogP contribution in [0.3, 0.4) is 0 Å². The number of halogens is 2. The van der Waals surface area contributed by atoms with E-state index in [0.717, 1.165) is 31.7 Å². The van der Waals surface area contributed by atoms with E-state index in [1.165, 1.54) is 0 Å². The van der Waals surface area contributed by atoms with E-state index in [9.17, 15) is 9.59 Å². The molecule has 1 aliphatic heterocycles. The number of carbonyl (C=O) groups excluding carboxylic acids is 2. The number of amides is 2. The van der Waals surface area contributed by atoms with Gasteiger partial charge in [0.25, 0.3) is 5.91 Å². The Labute approximate surface area is 193 Å². The SMILES string of the molecule is CN1CCN(C(=O)c2ccc(CNC(=O)CCCOc3cccc(Cl)c3Cl)cc2)CC1. The molecule has 0 aromatic heterocycles. The lowest BCUT2D eigenvalue weighted by Gasteiger charge is -2.32. The molecule has 166 valence electrons. The summed E-state index contributed by atoms with van der Waals surface area (Å²) in [7, 11) is 2.06. The molecule has 0 unspecified atom stereocenters. The monoisotopic (exact) mass is 463 g/mol. The average molecular weight is 464 g/mol. The van der Waals surface area contributed by atoms with Crippen molar-refractivity contribution in [1.29, 1.82) is 0 Å². The van der Waals surface area contributed by atoms with Crippen molar-refractivity contribution in [3.63, 3.8) is 0 Å². The smallest absolute Gasteiger partial charge is 0.253 e. The van der Waals surface area contributed by atoms with Gasteiger partial charge in [0, 0.05) is 44.7 Å². The van der Waals surface area contributed by atoms with Crippen LogP contribution in [0.1, 0.15) is 28.8 Å². The summed E-state index contributed by atoms with van der Waals surface area (Å²) in [5.41, 5.74) is 1.63. The molecule has 31 heavy (non-hydrogen) atoms. The normalized spacial score (nSPS) is 14.4. The molecule has 1 saturated heterocycles. The molecule has 6 nitrogen and oxygen atoms in total. The summed E-state index contributed by atoms with van der Waals surface area (Å²) >= 11 is 12.0. The highest BCUT2D eigenvalue weighted by atomic mass is 35.5. The quantitative estimate of drug-likeness (QED) is 0.603. The van der Waals surface area contributed by atoms with Crippen molar-refractivity contribution < 1.29 is 14.3 Å². The zero-order valence-electron chi connectivity index (χ0n) is 17.6. The van der Waals surface area contributed by atoms with Gasteiger partial charge in [0.05, 0.1) is 11.6 Å². The summed E-state index contributed by atoms with van der Waals surface area (Å²) in [6, 6.07) is 12.6. The van der Waals surface area contributed by atoms with Gasteiger partial charge in [-0.3, -0.25) is 9.59 Å². The fourth-order valence-electron chi connectivity index (χ4n) is 3.26. The van der Waals surface area contributed by atoms with E-state index in [1.807, 2.05) is 29.2 Å². The van der Waals surface area contributed by atoms with Gasteiger partial charge < -0.3 is 19.9 Å². The van der Waals surface area contributed by atoms with Crippen molar-refractivity contribution in [2.75, 3.05) is 39.8 Å². The highest BCUT2D eigenvalue weighted by Gasteiger charge is 2.20. The second-order valence-electron chi connectivity index (χ2n) is 7.57. The second-order valence-corrected chi connectivity index (χ2v) is 8.36. The number of nitrogens with zero attached hydrogens (tertiary/aromatic N) is 2. The van der Waals surface area contributed by atoms with Crippen molar-refractivity contribution >= 4 is 35.0 Å². The third-order valence-electron chi connectivity index (χ3n) is 5.20. The minimum absolute atomic E-state index is 0.0571. The van der Waals surface area contributed by atoms with E-state index in [2.05, 4.69) is 17.3 Å². The summed E-state index contributed by atoms with van der Waals surface area (Å²) < 4.78 is 5.59. The van der Waals surface area contributed by atoms with Gasteiger partial charge in [-0.05, 0) is 43.3 Å². The zero-order valence-corrected chi connectivity index (χ0v) is 19.1. The van der Waals surface area contributed by atoms with Crippen LogP contribution in [0.25, 0.3) is 0 Å². The van der Waals surface area contributed by atoms with E-state index >= 15 is 0 Å². The first-order valence-corrected chi connectivity index (χ1v) is 11.1. The molecule has 0 aliphatic carbocycles. The Morgan fingerprint density at radius 3 is 2.45 bits per heavy atom. The molecular formula is C23H27Cl2N3O3. The van der Waals surface area contributed by atoms with Gasteiger partial charge in [-0.15, -0.1) is 0 Å². The van der Waals surface area contributed by atoms with E-state index in [0.29, 0.717) is 47.4 Å². The topological polar surface area (TPSA) is 61.9 Å². The number of piperazine rings is 1. The maximum atomic E-state index is 12.6. The molecule has 0 spiro atoms. The highest BCUT2D eigenvalue weighted by molar-refractivity contribution is 6.42. The minimum Gasteiger partial charge on any atom is -0.492 e. The summed E-state index contributed by atoms with van der Waals surface area (Å²) in [5.74, 6) is 0.516. The molecule has 2 amide bonds. The minimum atomic E-state index is -0.0571. The lowest BCUT2D eigenvalue weighted by atomic mass is 10.1. The van der Waals surface area contributed by atoms with Gasteiger partial charge in [-0.25, -0.2) is 0 Å². The predicted octanol–water partition coefficient (Wildman–Crippen LogP) is 3.86. The van der Waals surface area contributed by atoms with Crippen LogP contribution in [0, 0.1) is 0 Å². The Morgan fingerprint density at radius 2 is 1.74 bits per heavy atom. The average Bonchev–Trinajstić information content (AvgIpc) is 2.78. The third-order valence-corrected chi connectivity index (χ3v) is 6.00. The number of rotatable bonds is 8. The predicted molar refractivity (Wildman–Crippen MR) is 123 cm³/mol.